The Bertz CT molecular complexity index is 340. The minimum Gasteiger partial charge on any atom is -0.274 e. The Morgan fingerprint density at radius 3 is 2.57 bits per heavy atom. The zero-order valence-corrected chi connectivity index (χ0v) is 9.47. The van der Waals surface area contributed by atoms with Crippen molar-refractivity contribution in [3.8, 4) is 0 Å². The summed E-state index contributed by atoms with van der Waals surface area (Å²) in [6.07, 6.45) is 1.14. The molecule has 0 bridgehead atoms. The highest BCUT2D eigenvalue weighted by atomic mass is 32.2. The number of rotatable bonds is 2. The first-order valence-corrected chi connectivity index (χ1v) is 6.04. The van der Waals surface area contributed by atoms with Crippen molar-refractivity contribution in [3.05, 3.63) is 35.4 Å². The van der Waals surface area contributed by atoms with Crippen LogP contribution >= 0.6 is 11.8 Å². The van der Waals surface area contributed by atoms with Gasteiger partial charge >= 0.3 is 0 Å². The van der Waals surface area contributed by atoms with Gasteiger partial charge in [0.25, 0.3) is 0 Å². The third-order valence-electron chi connectivity index (χ3n) is 2.44. The molecule has 1 unspecified atom stereocenters. The molecule has 1 nitrogen and oxygen atoms in total. The normalized spacial score (nSPS) is 20.1. The Balaban J connectivity index is 2.03. The molecular formula is C12H15NS. The van der Waals surface area contributed by atoms with Crippen LogP contribution in [-0.2, 0) is 0 Å². The Kier molecular flexibility index (Phi) is 2.92. The minimum absolute atomic E-state index is 0.435. The summed E-state index contributed by atoms with van der Waals surface area (Å²) in [5.41, 5.74) is 2.68. The highest BCUT2D eigenvalue weighted by Gasteiger charge is 2.22. The monoisotopic (exact) mass is 205 g/mol. The first-order chi connectivity index (χ1) is 6.79. The van der Waals surface area contributed by atoms with Crippen LogP contribution < -0.4 is 0 Å². The zero-order valence-electron chi connectivity index (χ0n) is 8.66. The predicted octanol–water partition coefficient (Wildman–Crippen LogP) is 3.59. The van der Waals surface area contributed by atoms with E-state index in [1.54, 1.807) is 0 Å². The van der Waals surface area contributed by atoms with Gasteiger partial charge < -0.3 is 0 Å². The lowest BCUT2D eigenvalue weighted by atomic mass is 10.00. The van der Waals surface area contributed by atoms with E-state index in [4.69, 9.17) is 0 Å². The summed E-state index contributed by atoms with van der Waals surface area (Å²) in [7, 11) is 0. The molecule has 2 heteroatoms. The molecule has 0 N–H and O–H groups in total. The Morgan fingerprint density at radius 2 is 2.00 bits per heavy atom. The van der Waals surface area contributed by atoms with Crippen LogP contribution in [0.4, 0.5) is 0 Å². The van der Waals surface area contributed by atoms with Crippen LogP contribution in [0.15, 0.2) is 29.3 Å². The fourth-order valence-electron chi connectivity index (χ4n) is 1.57. The molecule has 0 radical (unpaired) electrons. The lowest BCUT2D eigenvalue weighted by Crippen LogP contribution is -2.14. The maximum absolute atomic E-state index is 4.59. The molecule has 0 spiro atoms. The summed E-state index contributed by atoms with van der Waals surface area (Å²) >= 11 is 1.87. The molecule has 14 heavy (non-hydrogen) atoms. The summed E-state index contributed by atoms with van der Waals surface area (Å²) < 4.78 is 0. The number of benzene rings is 1. The molecule has 1 atom stereocenters. The molecule has 2 rings (SSSR count). The van der Waals surface area contributed by atoms with E-state index in [1.807, 2.05) is 11.8 Å². The van der Waals surface area contributed by atoms with Gasteiger partial charge in [0.1, 0.15) is 0 Å². The van der Waals surface area contributed by atoms with Crippen molar-refractivity contribution in [1.82, 2.24) is 0 Å². The van der Waals surface area contributed by atoms with Crippen LogP contribution in [0.5, 0.6) is 0 Å². The number of thioether (sulfide) groups is 1. The molecule has 1 aromatic carbocycles. The van der Waals surface area contributed by atoms with Gasteiger partial charge in [0.15, 0.2) is 0 Å². The number of hydrogen-bond acceptors (Lipinski definition) is 2. The van der Waals surface area contributed by atoms with Gasteiger partial charge in [0, 0.05) is 6.42 Å². The number of aliphatic imine (C=N–C) groups is 1. The van der Waals surface area contributed by atoms with Gasteiger partial charge in [-0.2, -0.15) is 0 Å². The molecular weight excluding hydrogens is 190 g/mol. The van der Waals surface area contributed by atoms with Gasteiger partial charge in [0.05, 0.1) is 11.1 Å². The number of hydrogen-bond donors (Lipinski definition) is 0. The summed E-state index contributed by atoms with van der Waals surface area (Å²) in [5, 5.41) is 1.32. The average molecular weight is 205 g/mol. The second-order valence-corrected chi connectivity index (χ2v) is 4.92. The summed E-state index contributed by atoms with van der Waals surface area (Å²) in [6, 6.07) is 9.14. The molecule has 74 valence electrons. The van der Waals surface area contributed by atoms with E-state index in [1.165, 1.54) is 16.2 Å². The maximum Gasteiger partial charge on any atom is 0.0818 e. The topological polar surface area (TPSA) is 12.4 Å². The molecule has 1 aromatic rings. The molecule has 0 amide bonds. The Hall–Kier alpha value is -0.760. The molecule has 0 aliphatic carbocycles. The Labute approximate surface area is 89.6 Å². The van der Waals surface area contributed by atoms with Crippen LogP contribution in [0.2, 0.25) is 0 Å². The number of aryl methyl sites for hydroxylation is 1. The van der Waals surface area contributed by atoms with Gasteiger partial charge in [-0.3, -0.25) is 4.99 Å². The maximum atomic E-state index is 4.59. The van der Waals surface area contributed by atoms with Gasteiger partial charge in [-0.1, -0.05) is 36.8 Å². The highest BCUT2D eigenvalue weighted by Crippen LogP contribution is 2.34. The summed E-state index contributed by atoms with van der Waals surface area (Å²) in [4.78, 5) is 4.59. The second kappa shape index (κ2) is 4.18. The average Bonchev–Trinajstić information content (AvgIpc) is 2.13. The van der Waals surface area contributed by atoms with Crippen molar-refractivity contribution in [1.29, 1.82) is 0 Å². The smallest absolute Gasteiger partial charge is 0.0818 e. The van der Waals surface area contributed by atoms with Crippen LogP contribution in [0, 0.1) is 6.92 Å². The minimum atomic E-state index is 0.435. The lowest BCUT2D eigenvalue weighted by molar-refractivity contribution is 0.710. The standard InChI is InChI=1S/C12H15NS/c1-3-14-12-8-11(13-12)10-6-4-9(2)5-7-10/h4-7,11H,3,8H2,1-2H3. The van der Waals surface area contributed by atoms with Crippen molar-refractivity contribution in [2.24, 2.45) is 4.99 Å². The van der Waals surface area contributed by atoms with Crippen molar-refractivity contribution in [3.63, 3.8) is 0 Å². The quantitative estimate of drug-likeness (QED) is 0.718. The van der Waals surface area contributed by atoms with E-state index in [-0.39, 0.29) is 0 Å². The SMILES string of the molecule is CCSC1=NC(c2ccc(C)cc2)C1. The first-order valence-electron chi connectivity index (χ1n) is 5.05. The van der Waals surface area contributed by atoms with E-state index in [2.05, 4.69) is 43.1 Å². The van der Waals surface area contributed by atoms with Crippen LogP contribution in [0.3, 0.4) is 0 Å². The fourth-order valence-corrected chi connectivity index (χ4v) is 2.38. The third kappa shape index (κ3) is 2.01. The van der Waals surface area contributed by atoms with Gasteiger partial charge in [-0.15, -0.1) is 11.8 Å². The molecule has 1 aliphatic heterocycles. The summed E-state index contributed by atoms with van der Waals surface area (Å²) in [5.74, 6) is 1.14. The van der Waals surface area contributed by atoms with Gasteiger partial charge in [-0.25, -0.2) is 0 Å². The molecule has 0 fully saturated rings. The van der Waals surface area contributed by atoms with Crippen molar-refractivity contribution < 1.29 is 0 Å². The number of nitrogens with zero attached hydrogens (tertiary/aromatic N) is 1. The first kappa shape index (κ1) is 9.78. The predicted molar refractivity (Wildman–Crippen MR) is 64.1 cm³/mol. The summed E-state index contributed by atoms with van der Waals surface area (Å²) in [6.45, 7) is 4.29. The highest BCUT2D eigenvalue weighted by molar-refractivity contribution is 8.14. The second-order valence-electron chi connectivity index (χ2n) is 3.59. The Morgan fingerprint density at radius 1 is 1.36 bits per heavy atom. The van der Waals surface area contributed by atoms with E-state index in [9.17, 15) is 0 Å². The van der Waals surface area contributed by atoms with Crippen molar-refractivity contribution in [2.75, 3.05) is 5.75 Å². The zero-order chi connectivity index (χ0) is 9.97. The van der Waals surface area contributed by atoms with Crippen LogP contribution in [-0.4, -0.2) is 10.8 Å². The van der Waals surface area contributed by atoms with E-state index >= 15 is 0 Å². The van der Waals surface area contributed by atoms with Crippen LogP contribution in [0.25, 0.3) is 0 Å². The molecule has 0 saturated carbocycles. The molecule has 1 aliphatic rings. The van der Waals surface area contributed by atoms with Crippen molar-refractivity contribution >= 4 is 16.8 Å². The fraction of sp³-hybridized carbons (Fsp3) is 0.417. The van der Waals surface area contributed by atoms with Gasteiger partial charge in [-0.05, 0) is 18.2 Å². The molecule has 0 saturated heterocycles. The van der Waals surface area contributed by atoms with Crippen LogP contribution in [0.1, 0.15) is 30.5 Å². The molecule has 1 heterocycles. The molecule has 0 aromatic heterocycles. The lowest BCUT2D eigenvalue weighted by Gasteiger charge is -2.23. The van der Waals surface area contributed by atoms with E-state index < -0.39 is 0 Å². The van der Waals surface area contributed by atoms with Gasteiger partial charge in [0.2, 0.25) is 0 Å². The van der Waals surface area contributed by atoms with Crippen molar-refractivity contribution in [2.45, 2.75) is 26.3 Å². The van der Waals surface area contributed by atoms with E-state index in [0.717, 1.165) is 12.2 Å². The van der Waals surface area contributed by atoms with E-state index in [0.29, 0.717) is 6.04 Å². The largest absolute Gasteiger partial charge is 0.274 e. The third-order valence-corrected chi connectivity index (χ3v) is 3.33.